The Hall–Kier alpha value is -2.85. The minimum absolute atomic E-state index is 0.218. The van der Waals surface area contributed by atoms with Gasteiger partial charge in [0.05, 0.1) is 0 Å². The molecule has 1 fully saturated rings. The van der Waals surface area contributed by atoms with Crippen LogP contribution < -0.4 is 15.5 Å². The van der Waals surface area contributed by atoms with E-state index >= 15 is 0 Å². The summed E-state index contributed by atoms with van der Waals surface area (Å²) >= 11 is 6.88. The Morgan fingerprint density at radius 3 is 2.76 bits per heavy atom. The highest BCUT2D eigenvalue weighted by Gasteiger charge is 2.20. The Labute approximate surface area is 209 Å². The number of rotatable bonds is 8. The molecule has 2 aromatic heterocycles. The summed E-state index contributed by atoms with van der Waals surface area (Å²) in [6.45, 7) is 4.89. The van der Waals surface area contributed by atoms with Crippen LogP contribution in [-0.4, -0.2) is 44.7 Å². The van der Waals surface area contributed by atoms with Crippen molar-refractivity contribution < 1.29 is 4.39 Å². The van der Waals surface area contributed by atoms with Crippen LogP contribution in [0.25, 0.3) is 0 Å². The topological polar surface area (TPSA) is 78.9 Å². The van der Waals surface area contributed by atoms with Crippen LogP contribution in [0, 0.1) is 11.7 Å². The van der Waals surface area contributed by atoms with Crippen molar-refractivity contribution in [3.63, 3.8) is 0 Å². The Kier molecular flexibility index (Phi) is 8.59. The zero-order valence-electron chi connectivity index (χ0n) is 19.1. The van der Waals surface area contributed by atoms with Crippen LogP contribution in [0.3, 0.4) is 0 Å². The van der Waals surface area contributed by atoms with Gasteiger partial charge in [-0.15, -0.1) is 0 Å². The fourth-order valence-corrected chi connectivity index (χ4v) is 4.71. The highest BCUT2D eigenvalue weighted by atomic mass is 32.2. The van der Waals surface area contributed by atoms with E-state index < -0.39 is 0 Å². The second-order valence-electron chi connectivity index (χ2n) is 8.33. The average Bonchev–Trinajstić information content (AvgIpc) is 2.83. The number of thiocarbonyl (C=S) groups is 1. The SMILES string of the molecule is C[C@H]1CCCN(c2cc(Sc3ncccn3)nc(NC(=S)NCCCc3ccc(F)cc3)n2)C1. The number of nitrogens with zero attached hydrogens (tertiary/aromatic N) is 5. The molecule has 0 aliphatic carbocycles. The molecule has 0 amide bonds. The summed E-state index contributed by atoms with van der Waals surface area (Å²) in [6, 6.07) is 10.4. The lowest BCUT2D eigenvalue weighted by molar-refractivity contribution is 0.444. The zero-order valence-corrected chi connectivity index (χ0v) is 20.7. The molecule has 1 aliphatic rings. The molecular formula is C24H28FN7S2. The third-order valence-corrected chi connectivity index (χ3v) is 6.53. The predicted molar refractivity (Wildman–Crippen MR) is 138 cm³/mol. The van der Waals surface area contributed by atoms with Gasteiger partial charge in [0.25, 0.3) is 0 Å². The number of hydrogen-bond acceptors (Lipinski definition) is 7. The number of anilines is 2. The van der Waals surface area contributed by atoms with Gasteiger partial charge in [-0.05, 0) is 79.3 Å². The van der Waals surface area contributed by atoms with Crippen molar-refractivity contribution in [2.24, 2.45) is 5.92 Å². The van der Waals surface area contributed by atoms with E-state index in [0.717, 1.165) is 48.8 Å². The van der Waals surface area contributed by atoms with Crippen LogP contribution in [0.5, 0.6) is 0 Å². The molecule has 178 valence electrons. The number of nitrogens with one attached hydrogen (secondary N) is 2. The number of piperidine rings is 1. The first-order valence-corrected chi connectivity index (χ1v) is 12.7. The summed E-state index contributed by atoms with van der Waals surface area (Å²) in [5.74, 6) is 1.73. The molecule has 1 aliphatic heterocycles. The van der Waals surface area contributed by atoms with Crippen LogP contribution in [0.1, 0.15) is 31.7 Å². The maximum absolute atomic E-state index is 13.0. The first kappa shape index (κ1) is 24.3. The number of halogens is 1. The van der Waals surface area contributed by atoms with Gasteiger partial charge >= 0.3 is 0 Å². The van der Waals surface area contributed by atoms with Gasteiger partial charge in [0.2, 0.25) is 5.95 Å². The lowest BCUT2D eigenvalue weighted by Crippen LogP contribution is -2.35. The van der Waals surface area contributed by atoms with E-state index in [1.165, 1.54) is 30.3 Å². The molecule has 34 heavy (non-hydrogen) atoms. The minimum Gasteiger partial charge on any atom is -0.362 e. The van der Waals surface area contributed by atoms with Gasteiger partial charge < -0.3 is 15.5 Å². The molecule has 2 N–H and O–H groups in total. The van der Waals surface area contributed by atoms with Gasteiger partial charge in [0.15, 0.2) is 10.3 Å². The smallest absolute Gasteiger partial charge is 0.232 e. The normalized spacial score (nSPS) is 15.7. The van der Waals surface area contributed by atoms with Crippen molar-refractivity contribution in [2.45, 2.75) is 42.8 Å². The fourth-order valence-electron chi connectivity index (χ4n) is 3.80. The van der Waals surface area contributed by atoms with Crippen molar-refractivity contribution in [1.82, 2.24) is 25.3 Å². The molecule has 1 aromatic carbocycles. The van der Waals surface area contributed by atoms with Crippen molar-refractivity contribution in [2.75, 3.05) is 29.9 Å². The van der Waals surface area contributed by atoms with E-state index in [2.05, 4.69) is 37.4 Å². The quantitative estimate of drug-likeness (QED) is 0.199. The lowest BCUT2D eigenvalue weighted by Gasteiger charge is -2.32. The van der Waals surface area contributed by atoms with E-state index in [0.29, 0.717) is 28.7 Å². The molecule has 7 nitrogen and oxygen atoms in total. The lowest BCUT2D eigenvalue weighted by atomic mass is 10.0. The summed E-state index contributed by atoms with van der Waals surface area (Å²) in [5.41, 5.74) is 1.10. The van der Waals surface area contributed by atoms with E-state index in [4.69, 9.17) is 17.2 Å². The van der Waals surface area contributed by atoms with Crippen LogP contribution >= 0.6 is 24.0 Å². The molecule has 0 unspecified atom stereocenters. The molecule has 0 bridgehead atoms. The van der Waals surface area contributed by atoms with E-state index in [-0.39, 0.29) is 5.82 Å². The maximum Gasteiger partial charge on any atom is 0.232 e. The molecule has 0 radical (unpaired) electrons. The van der Waals surface area contributed by atoms with Crippen LogP contribution in [0.2, 0.25) is 0 Å². The summed E-state index contributed by atoms with van der Waals surface area (Å²) in [4.78, 5) is 20.3. The van der Waals surface area contributed by atoms with Crippen molar-refractivity contribution >= 4 is 40.9 Å². The Balaban J connectivity index is 1.39. The standard InChI is InChI=1S/C24H28FN7S2/c1-17-5-3-14-32(16-17)20-15-21(34-24-27-12-4-13-28-24)30-22(29-20)31-23(33)26-11-2-6-18-7-9-19(25)10-8-18/h4,7-10,12-13,15,17H,2-3,5-6,11,14,16H2,1H3,(H2,26,29,30,31,33)/t17-/m0/s1. The van der Waals surface area contributed by atoms with E-state index in [1.54, 1.807) is 18.5 Å². The summed E-state index contributed by atoms with van der Waals surface area (Å²) in [6.07, 6.45) is 7.52. The van der Waals surface area contributed by atoms with Gasteiger partial charge in [0.1, 0.15) is 16.7 Å². The van der Waals surface area contributed by atoms with Gasteiger partial charge in [-0.2, -0.15) is 4.98 Å². The molecule has 10 heteroatoms. The third kappa shape index (κ3) is 7.33. The third-order valence-electron chi connectivity index (χ3n) is 5.47. The zero-order chi connectivity index (χ0) is 23.8. The second-order valence-corrected chi connectivity index (χ2v) is 9.72. The number of benzene rings is 1. The average molecular weight is 498 g/mol. The molecule has 3 aromatic rings. The highest BCUT2D eigenvalue weighted by Crippen LogP contribution is 2.29. The number of hydrogen-bond donors (Lipinski definition) is 2. The summed E-state index contributed by atoms with van der Waals surface area (Å²) in [5, 5.41) is 8.20. The molecule has 1 atom stereocenters. The van der Waals surface area contributed by atoms with Gasteiger partial charge in [0, 0.05) is 38.1 Å². The molecule has 3 heterocycles. The number of aryl methyl sites for hydroxylation is 1. The van der Waals surface area contributed by atoms with E-state index in [1.807, 2.05) is 18.2 Å². The van der Waals surface area contributed by atoms with Crippen molar-refractivity contribution in [3.05, 3.63) is 60.2 Å². The van der Waals surface area contributed by atoms with Crippen LogP contribution in [-0.2, 0) is 6.42 Å². The highest BCUT2D eigenvalue weighted by molar-refractivity contribution is 7.99. The van der Waals surface area contributed by atoms with Crippen molar-refractivity contribution in [1.29, 1.82) is 0 Å². The Bertz CT molecular complexity index is 1080. The fraction of sp³-hybridized carbons (Fsp3) is 0.375. The van der Waals surface area contributed by atoms with E-state index in [9.17, 15) is 4.39 Å². The Morgan fingerprint density at radius 1 is 1.21 bits per heavy atom. The maximum atomic E-state index is 13.0. The molecule has 0 saturated carbocycles. The first-order valence-electron chi connectivity index (χ1n) is 11.4. The number of aromatic nitrogens is 4. The molecule has 1 saturated heterocycles. The summed E-state index contributed by atoms with van der Waals surface area (Å²) in [7, 11) is 0. The Morgan fingerprint density at radius 2 is 2.00 bits per heavy atom. The molecule has 0 spiro atoms. The van der Waals surface area contributed by atoms with Crippen LogP contribution in [0.15, 0.2) is 59.0 Å². The van der Waals surface area contributed by atoms with Gasteiger partial charge in [-0.1, -0.05) is 19.1 Å². The largest absolute Gasteiger partial charge is 0.362 e. The predicted octanol–water partition coefficient (Wildman–Crippen LogP) is 4.71. The minimum atomic E-state index is -0.218. The van der Waals surface area contributed by atoms with Crippen LogP contribution in [0.4, 0.5) is 16.2 Å². The monoisotopic (exact) mass is 497 g/mol. The summed E-state index contributed by atoms with van der Waals surface area (Å²) < 4.78 is 13.0. The first-order chi connectivity index (χ1) is 16.5. The molecule has 4 rings (SSSR count). The van der Waals surface area contributed by atoms with Gasteiger partial charge in [-0.3, -0.25) is 0 Å². The molecular weight excluding hydrogens is 469 g/mol. The van der Waals surface area contributed by atoms with Gasteiger partial charge in [-0.25, -0.2) is 19.3 Å². The van der Waals surface area contributed by atoms with Crippen molar-refractivity contribution in [3.8, 4) is 0 Å². The second kappa shape index (κ2) is 12.0.